The van der Waals surface area contributed by atoms with Crippen LogP contribution in [0.2, 0.25) is 0 Å². The Morgan fingerprint density at radius 1 is 1.00 bits per heavy atom. The molecule has 0 fully saturated rings. The lowest BCUT2D eigenvalue weighted by Gasteiger charge is -2.27. The minimum absolute atomic E-state index is 0.0555. The molecule has 1 N–H and O–H groups in total. The minimum Gasteiger partial charge on any atom is -0.480 e. The van der Waals surface area contributed by atoms with Crippen LogP contribution in [0.1, 0.15) is 71.6 Å². The van der Waals surface area contributed by atoms with Crippen molar-refractivity contribution in [1.82, 2.24) is 4.90 Å². The first-order valence-corrected chi connectivity index (χ1v) is 9.23. The fourth-order valence-corrected chi connectivity index (χ4v) is 2.44. The van der Waals surface area contributed by atoms with E-state index in [0.29, 0.717) is 12.8 Å². The number of amides is 2. The smallest absolute Gasteiger partial charge is 0.327 e. The van der Waals surface area contributed by atoms with Crippen molar-refractivity contribution < 1.29 is 29.0 Å². The molecule has 0 rings (SSSR count). The third-order valence-electron chi connectivity index (χ3n) is 3.84. The van der Waals surface area contributed by atoms with Crippen LogP contribution >= 0.6 is 0 Å². The van der Waals surface area contributed by atoms with E-state index in [-0.39, 0.29) is 19.4 Å². The Hall–Kier alpha value is -2.18. The third kappa shape index (κ3) is 9.34. The highest BCUT2D eigenvalue weighted by atomic mass is 16.5. The first-order chi connectivity index (χ1) is 12.4. The van der Waals surface area contributed by atoms with Gasteiger partial charge in [0, 0.05) is 12.8 Å². The van der Waals surface area contributed by atoms with Crippen molar-refractivity contribution in [3.8, 4) is 0 Å². The molecule has 26 heavy (non-hydrogen) atoms. The zero-order valence-electron chi connectivity index (χ0n) is 15.9. The van der Waals surface area contributed by atoms with Gasteiger partial charge in [-0.15, -0.1) is 0 Å². The molecule has 0 aliphatic carbocycles. The molecule has 7 heteroatoms. The van der Waals surface area contributed by atoms with Gasteiger partial charge in [-0.2, -0.15) is 0 Å². The van der Waals surface area contributed by atoms with Gasteiger partial charge in [0.05, 0.1) is 6.42 Å². The fraction of sp³-hybridized carbons (Fsp3) is 0.684. The SMILES string of the molecule is C=CCOC(=O)CC(C(=O)O)N(C(=O)CCCCC)C(=O)CCCCC. The fourth-order valence-electron chi connectivity index (χ4n) is 2.44. The van der Waals surface area contributed by atoms with Gasteiger partial charge in [-0.25, -0.2) is 4.79 Å². The van der Waals surface area contributed by atoms with E-state index in [1.54, 1.807) is 0 Å². The number of unbranched alkanes of at least 4 members (excludes halogenated alkanes) is 4. The maximum Gasteiger partial charge on any atom is 0.327 e. The Morgan fingerprint density at radius 3 is 1.88 bits per heavy atom. The van der Waals surface area contributed by atoms with Crippen molar-refractivity contribution in [2.75, 3.05) is 6.61 Å². The van der Waals surface area contributed by atoms with Crippen molar-refractivity contribution in [2.24, 2.45) is 0 Å². The summed E-state index contributed by atoms with van der Waals surface area (Å²) in [7, 11) is 0. The normalized spacial score (nSPS) is 11.5. The molecule has 7 nitrogen and oxygen atoms in total. The van der Waals surface area contributed by atoms with Gasteiger partial charge in [0.15, 0.2) is 0 Å². The molecule has 0 radical (unpaired) electrons. The minimum atomic E-state index is -1.55. The molecule has 0 saturated heterocycles. The molecule has 1 atom stereocenters. The number of carbonyl (C=O) groups excluding carboxylic acids is 3. The predicted molar refractivity (Wildman–Crippen MR) is 97.3 cm³/mol. The van der Waals surface area contributed by atoms with E-state index in [9.17, 15) is 24.3 Å². The van der Waals surface area contributed by atoms with E-state index in [1.807, 2.05) is 13.8 Å². The van der Waals surface area contributed by atoms with Crippen LogP contribution in [0.4, 0.5) is 0 Å². The largest absolute Gasteiger partial charge is 0.480 e. The predicted octanol–water partition coefficient (Wildman–Crippen LogP) is 3.07. The third-order valence-corrected chi connectivity index (χ3v) is 3.84. The molecule has 0 bridgehead atoms. The van der Waals surface area contributed by atoms with Gasteiger partial charge in [0.2, 0.25) is 11.8 Å². The van der Waals surface area contributed by atoms with Crippen LogP contribution < -0.4 is 0 Å². The second-order valence-electron chi connectivity index (χ2n) is 6.10. The molecule has 148 valence electrons. The summed E-state index contributed by atoms with van der Waals surface area (Å²) in [5.74, 6) is -3.29. The highest BCUT2D eigenvalue weighted by Crippen LogP contribution is 2.15. The van der Waals surface area contributed by atoms with Gasteiger partial charge in [-0.3, -0.25) is 19.3 Å². The molecule has 1 unspecified atom stereocenters. The van der Waals surface area contributed by atoms with Crippen LogP contribution in [0.25, 0.3) is 0 Å². The average Bonchev–Trinajstić information content (AvgIpc) is 2.59. The zero-order valence-corrected chi connectivity index (χ0v) is 15.9. The van der Waals surface area contributed by atoms with Crippen molar-refractivity contribution >= 4 is 23.8 Å². The van der Waals surface area contributed by atoms with Crippen LogP contribution in [-0.2, 0) is 23.9 Å². The number of ether oxygens (including phenoxy) is 1. The number of hydrogen-bond acceptors (Lipinski definition) is 5. The highest BCUT2D eigenvalue weighted by Gasteiger charge is 2.36. The molecule has 0 heterocycles. The van der Waals surface area contributed by atoms with E-state index in [2.05, 4.69) is 6.58 Å². The number of esters is 1. The van der Waals surface area contributed by atoms with E-state index in [0.717, 1.165) is 30.6 Å². The van der Waals surface area contributed by atoms with Crippen LogP contribution in [0.3, 0.4) is 0 Å². The Kier molecular flexibility index (Phi) is 12.9. The van der Waals surface area contributed by atoms with Crippen molar-refractivity contribution in [2.45, 2.75) is 77.7 Å². The van der Waals surface area contributed by atoms with Gasteiger partial charge in [-0.05, 0) is 12.8 Å². The molecular formula is C19H31NO6. The highest BCUT2D eigenvalue weighted by molar-refractivity contribution is 6.00. The van der Waals surface area contributed by atoms with E-state index >= 15 is 0 Å². The molecule has 0 aromatic heterocycles. The molecule has 0 spiro atoms. The summed E-state index contributed by atoms with van der Waals surface area (Å²) in [5.41, 5.74) is 0. The molecule has 2 amide bonds. The maximum absolute atomic E-state index is 12.5. The molecule has 0 aromatic rings. The van der Waals surface area contributed by atoms with E-state index in [1.165, 1.54) is 6.08 Å². The summed E-state index contributed by atoms with van der Waals surface area (Å²) < 4.78 is 4.81. The lowest BCUT2D eigenvalue weighted by atomic mass is 10.1. The summed E-state index contributed by atoms with van der Waals surface area (Å²) in [4.78, 5) is 49.2. The second kappa shape index (κ2) is 14.0. The summed E-state index contributed by atoms with van der Waals surface area (Å²) >= 11 is 0. The first-order valence-electron chi connectivity index (χ1n) is 9.23. The quantitative estimate of drug-likeness (QED) is 0.287. The van der Waals surface area contributed by atoms with Gasteiger partial charge < -0.3 is 9.84 Å². The average molecular weight is 369 g/mol. The van der Waals surface area contributed by atoms with Gasteiger partial charge in [-0.1, -0.05) is 52.2 Å². The second-order valence-corrected chi connectivity index (χ2v) is 6.10. The van der Waals surface area contributed by atoms with Crippen molar-refractivity contribution in [1.29, 1.82) is 0 Å². The molecule has 0 aromatic carbocycles. The topological polar surface area (TPSA) is 101 Å². The molecular weight excluding hydrogens is 338 g/mol. The number of rotatable bonds is 14. The summed E-state index contributed by atoms with van der Waals surface area (Å²) in [5, 5.41) is 9.48. The summed E-state index contributed by atoms with van der Waals surface area (Å²) in [6, 6.07) is -1.55. The Labute approximate surface area is 155 Å². The number of nitrogens with zero attached hydrogens (tertiary/aromatic N) is 1. The molecule has 0 aliphatic rings. The number of hydrogen-bond donors (Lipinski definition) is 1. The van der Waals surface area contributed by atoms with Crippen LogP contribution in [-0.4, -0.2) is 46.4 Å². The molecule has 0 aliphatic heterocycles. The summed E-state index contributed by atoms with van der Waals surface area (Å²) in [6.07, 6.45) is 5.51. The van der Waals surface area contributed by atoms with E-state index in [4.69, 9.17) is 4.74 Å². The van der Waals surface area contributed by atoms with E-state index < -0.39 is 36.2 Å². The first kappa shape index (κ1) is 23.8. The number of carboxylic acid groups (broad SMARTS) is 1. The maximum atomic E-state index is 12.5. The monoisotopic (exact) mass is 369 g/mol. The van der Waals surface area contributed by atoms with Crippen molar-refractivity contribution in [3.05, 3.63) is 12.7 Å². The van der Waals surface area contributed by atoms with Crippen LogP contribution in [0.5, 0.6) is 0 Å². The van der Waals surface area contributed by atoms with Crippen molar-refractivity contribution in [3.63, 3.8) is 0 Å². The standard InChI is InChI=1S/C19H31NO6/c1-4-7-9-11-16(21)20(17(22)12-10-8-5-2)15(19(24)25)14-18(23)26-13-6-3/h6,15H,3-5,7-14H2,1-2H3,(H,24,25). The zero-order chi connectivity index (χ0) is 19.9. The number of imide groups is 1. The van der Waals surface area contributed by atoms with Gasteiger partial charge in [0.1, 0.15) is 12.6 Å². The van der Waals surface area contributed by atoms with Crippen LogP contribution in [0, 0.1) is 0 Å². The molecule has 0 saturated carbocycles. The Bertz CT molecular complexity index is 466. The number of carbonyl (C=O) groups is 4. The van der Waals surface area contributed by atoms with Gasteiger partial charge >= 0.3 is 11.9 Å². The lowest BCUT2D eigenvalue weighted by Crippen LogP contribution is -2.49. The Morgan fingerprint density at radius 2 is 1.50 bits per heavy atom. The number of carboxylic acids is 1. The number of aliphatic carboxylic acids is 1. The Balaban J connectivity index is 5.27. The summed E-state index contributed by atoms with van der Waals surface area (Å²) in [6.45, 7) is 7.31. The van der Waals surface area contributed by atoms with Gasteiger partial charge in [0.25, 0.3) is 0 Å². The lowest BCUT2D eigenvalue weighted by molar-refractivity contribution is -0.161. The van der Waals surface area contributed by atoms with Crippen LogP contribution in [0.15, 0.2) is 12.7 Å².